The van der Waals surface area contributed by atoms with Crippen molar-refractivity contribution in [2.24, 2.45) is 11.3 Å². The average molecular weight is 210 g/mol. The van der Waals surface area contributed by atoms with Crippen LogP contribution in [-0.4, -0.2) is 6.04 Å². The maximum absolute atomic E-state index is 5.72. The molecule has 0 amide bonds. The van der Waals surface area contributed by atoms with Crippen LogP contribution in [0, 0.1) is 5.41 Å². The topological polar surface area (TPSA) is 38.0 Å². The van der Waals surface area contributed by atoms with Gasteiger partial charge in [-0.1, -0.05) is 25.3 Å². The molecular formula is C13H26N2. The standard InChI is InChI=1S/C13H26N2/c1-4-13(9-5-6-10-13)12(15-14)8-7-11(2)3/h12,15H,2,4-10,14H2,1,3H3. The van der Waals surface area contributed by atoms with Gasteiger partial charge in [-0.15, -0.1) is 6.58 Å². The summed E-state index contributed by atoms with van der Waals surface area (Å²) in [6.07, 6.45) is 8.91. The predicted molar refractivity (Wildman–Crippen MR) is 66.4 cm³/mol. The van der Waals surface area contributed by atoms with E-state index < -0.39 is 0 Å². The van der Waals surface area contributed by atoms with E-state index in [1.54, 1.807) is 0 Å². The molecule has 0 radical (unpaired) electrons. The van der Waals surface area contributed by atoms with Crippen molar-refractivity contribution in [3.05, 3.63) is 12.2 Å². The largest absolute Gasteiger partial charge is 0.271 e. The Kier molecular flexibility index (Phi) is 4.81. The lowest BCUT2D eigenvalue weighted by Crippen LogP contribution is -2.47. The second-order valence-electron chi connectivity index (χ2n) is 5.14. The fraction of sp³-hybridized carbons (Fsp3) is 0.846. The van der Waals surface area contributed by atoms with Gasteiger partial charge in [-0.25, -0.2) is 0 Å². The molecule has 1 unspecified atom stereocenters. The Bertz CT molecular complexity index is 205. The van der Waals surface area contributed by atoms with E-state index in [-0.39, 0.29) is 0 Å². The second kappa shape index (κ2) is 5.66. The van der Waals surface area contributed by atoms with Gasteiger partial charge in [0.15, 0.2) is 0 Å². The first-order valence-electron chi connectivity index (χ1n) is 6.25. The van der Waals surface area contributed by atoms with Gasteiger partial charge in [0, 0.05) is 6.04 Å². The molecule has 2 heteroatoms. The monoisotopic (exact) mass is 210 g/mol. The summed E-state index contributed by atoms with van der Waals surface area (Å²) in [6.45, 7) is 8.37. The van der Waals surface area contributed by atoms with Crippen LogP contribution in [0.15, 0.2) is 12.2 Å². The Labute approximate surface area is 94.3 Å². The molecule has 0 aromatic carbocycles. The van der Waals surface area contributed by atoms with Gasteiger partial charge < -0.3 is 0 Å². The summed E-state index contributed by atoms with van der Waals surface area (Å²) in [4.78, 5) is 0. The van der Waals surface area contributed by atoms with Crippen LogP contribution in [0.1, 0.15) is 58.8 Å². The predicted octanol–water partition coefficient (Wildman–Crippen LogP) is 3.15. The molecule has 0 aromatic rings. The Hall–Kier alpha value is -0.340. The quantitative estimate of drug-likeness (QED) is 0.401. The maximum atomic E-state index is 5.72. The SMILES string of the molecule is C=C(C)CCC(NN)C1(CC)CCCC1. The number of hydrogen-bond acceptors (Lipinski definition) is 2. The van der Waals surface area contributed by atoms with Gasteiger partial charge in [0.2, 0.25) is 0 Å². The molecule has 0 saturated heterocycles. The summed E-state index contributed by atoms with van der Waals surface area (Å²) < 4.78 is 0. The first-order chi connectivity index (χ1) is 7.14. The van der Waals surface area contributed by atoms with Gasteiger partial charge in [-0.3, -0.25) is 11.3 Å². The third-order valence-electron chi connectivity index (χ3n) is 4.10. The summed E-state index contributed by atoms with van der Waals surface area (Å²) in [5.41, 5.74) is 4.78. The van der Waals surface area contributed by atoms with E-state index in [4.69, 9.17) is 5.84 Å². The molecule has 0 heterocycles. The number of hydrazine groups is 1. The van der Waals surface area contributed by atoms with Crippen molar-refractivity contribution in [3.8, 4) is 0 Å². The summed E-state index contributed by atoms with van der Waals surface area (Å²) in [6, 6.07) is 0.474. The van der Waals surface area contributed by atoms with E-state index in [0.29, 0.717) is 11.5 Å². The van der Waals surface area contributed by atoms with Crippen LogP contribution in [0.25, 0.3) is 0 Å². The molecule has 0 aliphatic heterocycles. The summed E-state index contributed by atoms with van der Waals surface area (Å²) >= 11 is 0. The number of allylic oxidation sites excluding steroid dienone is 1. The summed E-state index contributed by atoms with van der Waals surface area (Å²) in [5, 5.41) is 0. The zero-order chi connectivity index (χ0) is 11.3. The molecule has 1 aliphatic carbocycles. The zero-order valence-corrected chi connectivity index (χ0v) is 10.3. The third-order valence-corrected chi connectivity index (χ3v) is 4.10. The fourth-order valence-corrected chi connectivity index (χ4v) is 2.98. The molecule has 1 fully saturated rings. The lowest BCUT2D eigenvalue weighted by atomic mass is 9.74. The van der Waals surface area contributed by atoms with Gasteiger partial charge >= 0.3 is 0 Å². The molecular weight excluding hydrogens is 184 g/mol. The number of nitrogens with one attached hydrogen (secondary N) is 1. The first-order valence-corrected chi connectivity index (χ1v) is 6.25. The first kappa shape index (κ1) is 12.7. The third kappa shape index (κ3) is 3.05. The van der Waals surface area contributed by atoms with Crippen molar-refractivity contribution in [1.82, 2.24) is 5.43 Å². The normalized spacial score (nSPS) is 21.5. The molecule has 1 saturated carbocycles. The van der Waals surface area contributed by atoms with Crippen molar-refractivity contribution in [1.29, 1.82) is 0 Å². The van der Waals surface area contributed by atoms with Crippen molar-refractivity contribution >= 4 is 0 Å². The second-order valence-corrected chi connectivity index (χ2v) is 5.14. The summed E-state index contributed by atoms with van der Waals surface area (Å²) in [5.74, 6) is 5.72. The number of hydrogen-bond donors (Lipinski definition) is 2. The zero-order valence-electron chi connectivity index (χ0n) is 10.3. The molecule has 3 N–H and O–H groups in total. The molecule has 0 bridgehead atoms. The molecule has 2 nitrogen and oxygen atoms in total. The van der Waals surface area contributed by atoms with Gasteiger partial charge in [0.05, 0.1) is 0 Å². The van der Waals surface area contributed by atoms with Crippen molar-refractivity contribution in [2.45, 2.75) is 64.8 Å². The lowest BCUT2D eigenvalue weighted by molar-refractivity contribution is 0.177. The highest BCUT2D eigenvalue weighted by Gasteiger charge is 2.38. The van der Waals surface area contributed by atoms with Gasteiger partial charge in [-0.05, 0) is 44.4 Å². The highest BCUT2D eigenvalue weighted by molar-refractivity contribution is 4.96. The Morgan fingerprint density at radius 2 is 2.07 bits per heavy atom. The highest BCUT2D eigenvalue weighted by Crippen LogP contribution is 2.45. The van der Waals surface area contributed by atoms with Crippen molar-refractivity contribution < 1.29 is 0 Å². The Morgan fingerprint density at radius 3 is 2.47 bits per heavy atom. The van der Waals surface area contributed by atoms with Crippen LogP contribution in [0.2, 0.25) is 0 Å². The minimum absolute atomic E-state index is 0.462. The van der Waals surface area contributed by atoms with Crippen LogP contribution < -0.4 is 11.3 Å². The molecule has 15 heavy (non-hydrogen) atoms. The molecule has 1 atom stereocenters. The minimum atomic E-state index is 0.462. The molecule has 0 aromatic heterocycles. The molecule has 1 rings (SSSR count). The number of nitrogens with two attached hydrogens (primary N) is 1. The Balaban J connectivity index is 2.57. The lowest BCUT2D eigenvalue weighted by Gasteiger charge is -2.36. The van der Waals surface area contributed by atoms with E-state index in [9.17, 15) is 0 Å². The molecule has 0 spiro atoms. The van der Waals surface area contributed by atoms with Crippen molar-refractivity contribution in [2.75, 3.05) is 0 Å². The highest BCUT2D eigenvalue weighted by atomic mass is 15.2. The summed E-state index contributed by atoms with van der Waals surface area (Å²) in [7, 11) is 0. The number of rotatable bonds is 6. The molecule has 88 valence electrons. The van der Waals surface area contributed by atoms with Crippen LogP contribution in [-0.2, 0) is 0 Å². The minimum Gasteiger partial charge on any atom is -0.271 e. The van der Waals surface area contributed by atoms with Gasteiger partial charge in [0.25, 0.3) is 0 Å². The van der Waals surface area contributed by atoms with E-state index in [1.807, 2.05) is 0 Å². The maximum Gasteiger partial charge on any atom is 0.0269 e. The van der Waals surface area contributed by atoms with E-state index >= 15 is 0 Å². The van der Waals surface area contributed by atoms with Crippen LogP contribution in [0.3, 0.4) is 0 Å². The van der Waals surface area contributed by atoms with Crippen LogP contribution >= 0.6 is 0 Å². The smallest absolute Gasteiger partial charge is 0.0269 e. The Morgan fingerprint density at radius 1 is 1.47 bits per heavy atom. The average Bonchev–Trinajstić information content (AvgIpc) is 2.68. The van der Waals surface area contributed by atoms with Crippen LogP contribution in [0.5, 0.6) is 0 Å². The van der Waals surface area contributed by atoms with E-state index in [2.05, 4.69) is 25.9 Å². The van der Waals surface area contributed by atoms with Crippen LogP contribution in [0.4, 0.5) is 0 Å². The fourth-order valence-electron chi connectivity index (χ4n) is 2.98. The molecule has 1 aliphatic rings. The van der Waals surface area contributed by atoms with Gasteiger partial charge in [0.1, 0.15) is 0 Å². The van der Waals surface area contributed by atoms with E-state index in [0.717, 1.165) is 12.8 Å². The van der Waals surface area contributed by atoms with Crippen molar-refractivity contribution in [3.63, 3.8) is 0 Å². The van der Waals surface area contributed by atoms with Gasteiger partial charge in [-0.2, -0.15) is 0 Å². The van der Waals surface area contributed by atoms with E-state index in [1.165, 1.54) is 37.7 Å².